The maximum absolute atomic E-state index is 11.6. The maximum Gasteiger partial charge on any atom is 0.213 e. The molecular formula is C10H17NO2S2. The fourth-order valence-corrected chi connectivity index (χ4v) is 3.18. The van der Waals surface area contributed by atoms with Gasteiger partial charge in [0, 0.05) is 18.0 Å². The maximum atomic E-state index is 11.6. The van der Waals surface area contributed by atoms with Crippen LogP contribution in [0.4, 0.5) is 0 Å². The van der Waals surface area contributed by atoms with Gasteiger partial charge in [-0.25, -0.2) is 12.7 Å². The van der Waals surface area contributed by atoms with Crippen LogP contribution in [0.5, 0.6) is 0 Å². The molecule has 0 saturated heterocycles. The highest BCUT2D eigenvalue weighted by molar-refractivity contribution is 7.89. The lowest BCUT2D eigenvalue weighted by atomic mass is 10.2. The van der Waals surface area contributed by atoms with Gasteiger partial charge in [0.2, 0.25) is 10.0 Å². The van der Waals surface area contributed by atoms with Crippen molar-refractivity contribution in [2.24, 2.45) is 0 Å². The molecule has 1 rings (SSSR count). The third-order valence-corrected chi connectivity index (χ3v) is 5.37. The minimum atomic E-state index is -3.06. The summed E-state index contributed by atoms with van der Waals surface area (Å²) in [6, 6.07) is 4.04. The van der Waals surface area contributed by atoms with Crippen LogP contribution < -0.4 is 0 Å². The van der Waals surface area contributed by atoms with Gasteiger partial charge in [0.05, 0.1) is 5.75 Å². The van der Waals surface area contributed by atoms with Gasteiger partial charge < -0.3 is 0 Å². The highest BCUT2D eigenvalue weighted by atomic mass is 32.2. The Morgan fingerprint density at radius 2 is 2.20 bits per heavy atom. The molecule has 0 aliphatic heterocycles. The monoisotopic (exact) mass is 247 g/mol. The molecule has 0 amide bonds. The van der Waals surface area contributed by atoms with Crippen LogP contribution in [0.1, 0.15) is 18.7 Å². The molecule has 0 N–H and O–H groups in total. The van der Waals surface area contributed by atoms with Crippen molar-refractivity contribution >= 4 is 21.4 Å². The summed E-state index contributed by atoms with van der Waals surface area (Å²) < 4.78 is 24.7. The third-order valence-electron chi connectivity index (χ3n) is 2.50. The molecule has 86 valence electrons. The van der Waals surface area contributed by atoms with Crippen molar-refractivity contribution in [3.8, 4) is 0 Å². The van der Waals surface area contributed by atoms with Gasteiger partial charge >= 0.3 is 0 Å². The summed E-state index contributed by atoms with van der Waals surface area (Å²) in [5, 5.41) is 2.01. The lowest BCUT2D eigenvalue weighted by Gasteiger charge is -2.23. The molecule has 1 heterocycles. The van der Waals surface area contributed by atoms with Crippen molar-refractivity contribution in [3.05, 3.63) is 22.4 Å². The number of hydrogen-bond acceptors (Lipinski definition) is 3. The fraction of sp³-hybridized carbons (Fsp3) is 0.600. The van der Waals surface area contributed by atoms with Crippen LogP contribution in [0.2, 0.25) is 0 Å². The minimum Gasteiger partial charge on any atom is -0.212 e. The molecule has 1 unspecified atom stereocenters. The molecule has 0 aliphatic rings. The van der Waals surface area contributed by atoms with E-state index in [1.807, 2.05) is 24.4 Å². The fourth-order valence-electron chi connectivity index (χ4n) is 1.33. The number of hydrogen-bond donors (Lipinski definition) is 0. The van der Waals surface area contributed by atoms with E-state index >= 15 is 0 Å². The quantitative estimate of drug-likeness (QED) is 0.797. The first-order chi connectivity index (χ1) is 6.97. The van der Waals surface area contributed by atoms with Gasteiger partial charge in [0.1, 0.15) is 0 Å². The molecule has 0 aromatic carbocycles. The molecule has 0 spiro atoms. The van der Waals surface area contributed by atoms with E-state index in [2.05, 4.69) is 0 Å². The first-order valence-corrected chi connectivity index (χ1v) is 7.44. The van der Waals surface area contributed by atoms with E-state index in [9.17, 15) is 8.42 Å². The molecule has 0 radical (unpaired) electrons. The Bertz CT molecular complexity index is 384. The Morgan fingerprint density at radius 1 is 1.53 bits per heavy atom. The molecule has 0 fully saturated rings. The summed E-state index contributed by atoms with van der Waals surface area (Å²) in [6.07, 6.45) is 0.785. The second-order valence-corrected chi connectivity index (χ2v) is 6.90. The summed E-state index contributed by atoms with van der Waals surface area (Å²) in [5.74, 6) is 0.165. The van der Waals surface area contributed by atoms with E-state index in [-0.39, 0.29) is 11.8 Å². The topological polar surface area (TPSA) is 37.4 Å². The van der Waals surface area contributed by atoms with E-state index < -0.39 is 10.0 Å². The van der Waals surface area contributed by atoms with Gasteiger partial charge in [-0.3, -0.25) is 0 Å². The normalized spacial score (nSPS) is 14.4. The van der Waals surface area contributed by atoms with E-state index in [0.717, 1.165) is 6.42 Å². The van der Waals surface area contributed by atoms with E-state index in [1.165, 1.54) is 9.18 Å². The van der Waals surface area contributed by atoms with Crippen LogP contribution in [-0.2, 0) is 16.4 Å². The highest BCUT2D eigenvalue weighted by Crippen LogP contribution is 2.15. The average molecular weight is 247 g/mol. The number of nitrogens with zero attached hydrogens (tertiary/aromatic N) is 1. The summed E-state index contributed by atoms with van der Waals surface area (Å²) in [5.41, 5.74) is 0. The summed E-state index contributed by atoms with van der Waals surface area (Å²) in [6.45, 7) is 3.61. The lowest BCUT2D eigenvalue weighted by Crippen LogP contribution is -2.37. The first-order valence-electron chi connectivity index (χ1n) is 4.95. The van der Waals surface area contributed by atoms with Gasteiger partial charge in [0.15, 0.2) is 0 Å². The van der Waals surface area contributed by atoms with Gasteiger partial charge in [-0.2, -0.15) is 0 Å². The van der Waals surface area contributed by atoms with Crippen molar-refractivity contribution in [3.63, 3.8) is 0 Å². The Hall–Kier alpha value is -0.390. The van der Waals surface area contributed by atoms with Crippen LogP contribution in [-0.4, -0.2) is 31.6 Å². The Morgan fingerprint density at radius 3 is 2.67 bits per heavy atom. The molecule has 0 aliphatic carbocycles. The number of sulfonamides is 1. The van der Waals surface area contributed by atoms with Gasteiger partial charge in [0.25, 0.3) is 0 Å². The van der Waals surface area contributed by atoms with E-state index in [0.29, 0.717) is 0 Å². The molecule has 1 atom stereocenters. The van der Waals surface area contributed by atoms with Crippen LogP contribution in [0.15, 0.2) is 17.5 Å². The third kappa shape index (κ3) is 3.29. The van der Waals surface area contributed by atoms with Crippen LogP contribution in [0.3, 0.4) is 0 Å². The van der Waals surface area contributed by atoms with Crippen molar-refractivity contribution in [1.29, 1.82) is 0 Å². The Kier molecular flexibility index (Phi) is 4.31. The average Bonchev–Trinajstić information content (AvgIpc) is 2.69. The van der Waals surface area contributed by atoms with Crippen molar-refractivity contribution in [1.82, 2.24) is 4.31 Å². The molecule has 15 heavy (non-hydrogen) atoms. The molecular weight excluding hydrogens is 230 g/mol. The van der Waals surface area contributed by atoms with E-state index in [1.54, 1.807) is 25.3 Å². The van der Waals surface area contributed by atoms with Gasteiger partial charge in [-0.05, 0) is 31.7 Å². The second-order valence-electron chi connectivity index (χ2n) is 3.55. The number of thiophene rings is 1. The Balaban J connectivity index is 2.65. The molecule has 0 saturated carbocycles. The zero-order valence-corrected chi connectivity index (χ0v) is 10.9. The SMILES string of the molecule is CCS(=O)(=O)N(C)C(C)Cc1cccs1. The zero-order chi connectivity index (χ0) is 11.5. The minimum absolute atomic E-state index is 0.0219. The zero-order valence-electron chi connectivity index (χ0n) is 9.30. The van der Waals surface area contributed by atoms with Crippen LogP contribution in [0, 0.1) is 0 Å². The highest BCUT2D eigenvalue weighted by Gasteiger charge is 2.21. The first kappa shape index (κ1) is 12.7. The van der Waals surface area contributed by atoms with Crippen LogP contribution in [0.25, 0.3) is 0 Å². The standard InChI is InChI=1S/C10H17NO2S2/c1-4-15(12,13)11(3)9(2)8-10-6-5-7-14-10/h5-7,9H,4,8H2,1-3H3. The summed E-state index contributed by atoms with van der Waals surface area (Å²) >= 11 is 1.67. The van der Waals surface area contributed by atoms with Gasteiger partial charge in [-0.15, -0.1) is 11.3 Å². The van der Waals surface area contributed by atoms with Gasteiger partial charge in [-0.1, -0.05) is 6.07 Å². The largest absolute Gasteiger partial charge is 0.213 e. The second kappa shape index (κ2) is 5.09. The summed E-state index contributed by atoms with van der Waals surface area (Å²) in [7, 11) is -1.41. The molecule has 5 heteroatoms. The Labute approximate surface area is 95.8 Å². The number of rotatable bonds is 5. The predicted molar refractivity (Wildman–Crippen MR) is 64.7 cm³/mol. The number of likely N-dealkylation sites (N-methyl/N-ethyl adjacent to an activating group) is 1. The van der Waals surface area contributed by atoms with E-state index in [4.69, 9.17) is 0 Å². The smallest absolute Gasteiger partial charge is 0.212 e. The van der Waals surface area contributed by atoms with Crippen molar-refractivity contribution in [2.75, 3.05) is 12.8 Å². The predicted octanol–water partition coefficient (Wildman–Crippen LogP) is 1.96. The lowest BCUT2D eigenvalue weighted by molar-refractivity contribution is 0.389. The molecule has 1 aromatic rings. The van der Waals surface area contributed by atoms with Crippen LogP contribution >= 0.6 is 11.3 Å². The van der Waals surface area contributed by atoms with Crippen molar-refractivity contribution in [2.45, 2.75) is 26.3 Å². The van der Waals surface area contributed by atoms with Crippen molar-refractivity contribution < 1.29 is 8.42 Å². The summed E-state index contributed by atoms with van der Waals surface area (Å²) in [4.78, 5) is 1.22. The molecule has 1 aromatic heterocycles. The molecule has 0 bridgehead atoms. The molecule has 3 nitrogen and oxygen atoms in total.